The van der Waals surface area contributed by atoms with Crippen LogP contribution in [0.5, 0.6) is 0 Å². The molecule has 1 aromatic heterocycles. The van der Waals surface area contributed by atoms with Gasteiger partial charge in [0.05, 0.1) is 12.4 Å². The molecule has 1 amide bonds. The normalized spacial score (nSPS) is 16.6. The molecule has 1 N–H and O–H groups in total. The van der Waals surface area contributed by atoms with Gasteiger partial charge in [0.25, 0.3) is 0 Å². The molecule has 2 heterocycles. The lowest BCUT2D eigenvalue weighted by Gasteiger charge is -2.28. The van der Waals surface area contributed by atoms with Crippen LogP contribution in [0.3, 0.4) is 0 Å². The van der Waals surface area contributed by atoms with Gasteiger partial charge in [0.2, 0.25) is 5.91 Å². The third-order valence-electron chi connectivity index (χ3n) is 5.64. The zero-order chi connectivity index (χ0) is 20.5. The van der Waals surface area contributed by atoms with E-state index in [-0.39, 0.29) is 17.9 Å². The van der Waals surface area contributed by atoms with E-state index in [2.05, 4.69) is 39.1 Å². The summed E-state index contributed by atoms with van der Waals surface area (Å²) < 4.78 is 2.09. The van der Waals surface area contributed by atoms with Gasteiger partial charge in [-0.2, -0.15) is 0 Å². The van der Waals surface area contributed by atoms with Crippen molar-refractivity contribution in [3.8, 4) is 0 Å². The van der Waals surface area contributed by atoms with Gasteiger partial charge in [-0.1, -0.05) is 66.2 Å². The number of aromatic nitrogens is 2. The number of imidazole rings is 1. The van der Waals surface area contributed by atoms with Gasteiger partial charge < -0.3 is 9.88 Å². The number of carbonyl (C=O) groups excluding carboxylic acids is 1. The van der Waals surface area contributed by atoms with Gasteiger partial charge in [-0.05, 0) is 40.5 Å². The molecule has 148 valence electrons. The second-order valence-electron chi connectivity index (χ2n) is 7.53. The molecule has 0 radical (unpaired) electrons. The molecule has 1 aliphatic rings. The average molecular weight is 414 g/mol. The minimum atomic E-state index is -0.0379. The van der Waals surface area contributed by atoms with Crippen molar-refractivity contribution in [2.45, 2.75) is 18.4 Å². The topological polar surface area (TPSA) is 46.9 Å². The molecule has 0 saturated carbocycles. The molecule has 30 heavy (non-hydrogen) atoms. The Morgan fingerprint density at radius 1 is 1.00 bits per heavy atom. The first-order valence-corrected chi connectivity index (χ1v) is 10.3. The van der Waals surface area contributed by atoms with Gasteiger partial charge >= 0.3 is 0 Å². The summed E-state index contributed by atoms with van der Waals surface area (Å²) >= 11 is 6.12. The molecule has 0 bridgehead atoms. The van der Waals surface area contributed by atoms with Gasteiger partial charge in [0.1, 0.15) is 0 Å². The maximum atomic E-state index is 12.3. The third-order valence-corrected chi connectivity index (χ3v) is 5.89. The van der Waals surface area contributed by atoms with Crippen molar-refractivity contribution in [3.05, 3.63) is 119 Å². The Morgan fingerprint density at radius 3 is 2.50 bits per heavy atom. The zero-order valence-electron chi connectivity index (χ0n) is 16.2. The van der Waals surface area contributed by atoms with E-state index in [1.54, 1.807) is 6.20 Å². The molecule has 2 unspecified atom stereocenters. The molecule has 0 saturated heterocycles. The Hall–Kier alpha value is -3.37. The Balaban J connectivity index is 1.64. The minimum absolute atomic E-state index is 0.0311. The van der Waals surface area contributed by atoms with Crippen LogP contribution in [0.2, 0.25) is 5.02 Å². The molecule has 0 fully saturated rings. The standard InChI is InChI=1S/C25H20ClN3O/c26-20-9-6-18(7-10-20)25(29-13-12-27-16-29)19-8-11-23-22(14-19)21(15-24(30)28-23)17-4-2-1-3-5-17/h1-14,16,21,25H,15H2,(H,28,30). The number of nitrogens with zero attached hydrogens (tertiary/aromatic N) is 2. The van der Waals surface area contributed by atoms with Crippen LogP contribution < -0.4 is 5.32 Å². The minimum Gasteiger partial charge on any atom is -0.326 e. The molecule has 5 rings (SSSR count). The molecular formula is C25H20ClN3O. The second-order valence-corrected chi connectivity index (χ2v) is 7.96. The Labute approximate surface area is 180 Å². The number of hydrogen-bond donors (Lipinski definition) is 1. The van der Waals surface area contributed by atoms with Crippen molar-refractivity contribution >= 4 is 23.2 Å². The monoisotopic (exact) mass is 413 g/mol. The third kappa shape index (κ3) is 3.51. The summed E-state index contributed by atoms with van der Waals surface area (Å²) in [4.78, 5) is 16.6. The Kier molecular flexibility index (Phi) is 4.85. The average Bonchev–Trinajstić information content (AvgIpc) is 3.30. The summed E-state index contributed by atoms with van der Waals surface area (Å²) in [6, 6.07) is 24.4. The fourth-order valence-corrected chi connectivity index (χ4v) is 4.36. The van der Waals surface area contributed by atoms with Crippen molar-refractivity contribution in [2.75, 3.05) is 5.32 Å². The largest absolute Gasteiger partial charge is 0.326 e. The van der Waals surface area contributed by atoms with Crippen LogP contribution in [0.1, 0.15) is 40.6 Å². The highest BCUT2D eigenvalue weighted by Gasteiger charge is 2.28. The van der Waals surface area contributed by atoms with Gasteiger partial charge in [-0.25, -0.2) is 4.98 Å². The lowest BCUT2D eigenvalue weighted by atomic mass is 9.83. The number of anilines is 1. The first kappa shape index (κ1) is 18.6. The van der Waals surface area contributed by atoms with Gasteiger partial charge in [0, 0.05) is 35.4 Å². The quantitative estimate of drug-likeness (QED) is 0.470. The lowest BCUT2D eigenvalue weighted by molar-refractivity contribution is -0.116. The van der Waals surface area contributed by atoms with Crippen LogP contribution in [0.25, 0.3) is 0 Å². The maximum absolute atomic E-state index is 12.3. The zero-order valence-corrected chi connectivity index (χ0v) is 17.0. The fraction of sp³-hybridized carbons (Fsp3) is 0.120. The molecule has 2 atom stereocenters. The van der Waals surface area contributed by atoms with E-state index in [0.717, 1.165) is 27.9 Å². The van der Waals surface area contributed by atoms with Crippen LogP contribution in [-0.2, 0) is 4.79 Å². The van der Waals surface area contributed by atoms with E-state index < -0.39 is 0 Å². The molecule has 5 heteroatoms. The molecule has 4 aromatic rings. The van der Waals surface area contributed by atoms with Crippen molar-refractivity contribution in [1.82, 2.24) is 9.55 Å². The van der Waals surface area contributed by atoms with E-state index in [4.69, 9.17) is 11.6 Å². The van der Waals surface area contributed by atoms with Crippen molar-refractivity contribution in [2.24, 2.45) is 0 Å². The van der Waals surface area contributed by atoms with Crippen LogP contribution in [0.4, 0.5) is 5.69 Å². The predicted octanol–water partition coefficient (Wildman–Crippen LogP) is 5.65. The highest BCUT2D eigenvalue weighted by atomic mass is 35.5. The summed E-state index contributed by atoms with van der Waals surface area (Å²) in [7, 11) is 0. The predicted molar refractivity (Wildman–Crippen MR) is 119 cm³/mol. The molecule has 4 nitrogen and oxygen atoms in total. The van der Waals surface area contributed by atoms with Crippen LogP contribution in [0, 0.1) is 0 Å². The molecule has 0 spiro atoms. The summed E-state index contributed by atoms with van der Waals surface area (Å²) in [5, 5.41) is 3.74. The number of rotatable bonds is 4. The molecule has 3 aromatic carbocycles. The number of carbonyl (C=O) groups is 1. The summed E-state index contributed by atoms with van der Waals surface area (Å²) in [5.74, 6) is 0.0801. The SMILES string of the molecule is O=C1CC(c2ccccc2)c2cc(C(c3ccc(Cl)cc3)n3ccnc3)ccc2N1. The van der Waals surface area contributed by atoms with E-state index in [0.29, 0.717) is 11.4 Å². The lowest BCUT2D eigenvalue weighted by Crippen LogP contribution is -2.24. The summed E-state index contributed by atoms with van der Waals surface area (Å²) in [5.41, 5.74) is 5.41. The maximum Gasteiger partial charge on any atom is 0.225 e. The van der Waals surface area contributed by atoms with Gasteiger partial charge in [-0.15, -0.1) is 0 Å². The molecular weight excluding hydrogens is 394 g/mol. The molecule has 0 aliphatic carbocycles. The Bertz CT molecular complexity index is 1170. The molecule has 1 aliphatic heterocycles. The summed E-state index contributed by atoms with van der Waals surface area (Å²) in [6.07, 6.45) is 6.02. The van der Waals surface area contributed by atoms with Crippen molar-refractivity contribution in [3.63, 3.8) is 0 Å². The first-order chi connectivity index (χ1) is 14.7. The van der Waals surface area contributed by atoms with Crippen LogP contribution in [-0.4, -0.2) is 15.5 Å². The number of hydrogen-bond acceptors (Lipinski definition) is 2. The fourth-order valence-electron chi connectivity index (χ4n) is 4.24. The van der Waals surface area contributed by atoms with Crippen molar-refractivity contribution < 1.29 is 4.79 Å². The highest BCUT2D eigenvalue weighted by Crippen LogP contribution is 2.39. The van der Waals surface area contributed by atoms with Crippen molar-refractivity contribution in [1.29, 1.82) is 0 Å². The van der Waals surface area contributed by atoms with E-state index in [1.807, 2.05) is 61.1 Å². The number of amides is 1. The van der Waals surface area contributed by atoms with E-state index >= 15 is 0 Å². The highest BCUT2D eigenvalue weighted by molar-refractivity contribution is 6.30. The van der Waals surface area contributed by atoms with Crippen LogP contribution >= 0.6 is 11.6 Å². The first-order valence-electron chi connectivity index (χ1n) is 9.90. The van der Waals surface area contributed by atoms with Crippen LogP contribution in [0.15, 0.2) is 91.5 Å². The number of benzene rings is 3. The van der Waals surface area contributed by atoms with Gasteiger partial charge in [-0.3, -0.25) is 4.79 Å². The van der Waals surface area contributed by atoms with Gasteiger partial charge in [0.15, 0.2) is 0 Å². The smallest absolute Gasteiger partial charge is 0.225 e. The number of halogens is 1. The number of nitrogens with one attached hydrogen (secondary N) is 1. The Morgan fingerprint density at radius 2 is 1.77 bits per heavy atom. The summed E-state index contributed by atoms with van der Waals surface area (Å²) in [6.45, 7) is 0. The second kappa shape index (κ2) is 7.81. The van der Waals surface area contributed by atoms with E-state index in [1.165, 1.54) is 0 Å². The van der Waals surface area contributed by atoms with E-state index in [9.17, 15) is 4.79 Å². The number of fused-ring (bicyclic) bond motifs is 1.